The molecule has 1 N–H and O–H groups in total. The van der Waals surface area contributed by atoms with E-state index in [0.717, 1.165) is 18.7 Å². The summed E-state index contributed by atoms with van der Waals surface area (Å²) in [4.78, 5) is 12.8. The van der Waals surface area contributed by atoms with Gasteiger partial charge in [0.1, 0.15) is 0 Å². The van der Waals surface area contributed by atoms with E-state index in [1.165, 1.54) is 25.7 Å². The predicted octanol–water partition coefficient (Wildman–Crippen LogP) is 2.29. The van der Waals surface area contributed by atoms with E-state index in [1.807, 2.05) is 17.2 Å². The molecule has 0 radical (unpaired) electrons. The van der Waals surface area contributed by atoms with Crippen molar-refractivity contribution in [3.63, 3.8) is 0 Å². The maximum absolute atomic E-state index is 10.8. The van der Waals surface area contributed by atoms with Gasteiger partial charge in [0, 0.05) is 12.7 Å². The molecule has 1 saturated carbocycles. The van der Waals surface area contributed by atoms with E-state index in [1.54, 1.807) is 0 Å². The van der Waals surface area contributed by atoms with Gasteiger partial charge >= 0.3 is 5.97 Å². The smallest absolute Gasteiger partial charge is 0.317 e. The third-order valence-electron chi connectivity index (χ3n) is 3.65. The summed E-state index contributed by atoms with van der Waals surface area (Å²) in [5.41, 5.74) is 0.974. The van der Waals surface area contributed by atoms with Gasteiger partial charge in [-0.1, -0.05) is 19.8 Å². The molecule has 1 aliphatic carbocycles. The zero-order valence-corrected chi connectivity index (χ0v) is 11.6. The minimum absolute atomic E-state index is 0.0874. The number of hydrogen-bond donors (Lipinski definition) is 1. The zero-order chi connectivity index (χ0) is 13.7. The first kappa shape index (κ1) is 14.1. The number of carboxylic acids is 1. The van der Waals surface area contributed by atoms with Gasteiger partial charge in [-0.05, 0) is 31.9 Å². The molecule has 0 atom stereocenters. The average molecular weight is 265 g/mol. The topological polar surface area (TPSA) is 58.4 Å². The second-order valence-corrected chi connectivity index (χ2v) is 5.33. The quantitative estimate of drug-likeness (QED) is 0.822. The first-order valence-corrected chi connectivity index (χ1v) is 7.17. The first-order valence-electron chi connectivity index (χ1n) is 7.17. The lowest BCUT2D eigenvalue weighted by Crippen LogP contribution is -2.30. The third-order valence-corrected chi connectivity index (χ3v) is 3.65. The van der Waals surface area contributed by atoms with Gasteiger partial charge in [0.2, 0.25) is 0 Å². The molecule has 5 heteroatoms. The van der Waals surface area contributed by atoms with Crippen LogP contribution in [0, 0.1) is 0 Å². The minimum Gasteiger partial charge on any atom is -0.480 e. The van der Waals surface area contributed by atoms with Crippen molar-refractivity contribution in [1.82, 2.24) is 14.7 Å². The summed E-state index contributed by atoms with van der Waals surface area (Å²) in [5.74, 6) is -0.774. The van der Waals surface area contributed by atoms with Crippen molar-refractivity contribution in [3.05, 3.63) is 18.0 Å². The molecule has 0 unspecified atom stereocenters. The monoisotopic (exact) mass is 265 g/mol. The number of hydrogen-bond acceptors (Lipinski definition) is 3. The van der Waals surface area contributed by atoms with Crippen molar-refractivity contribution in [2.45, 2.75) is 51.6 Å². The minimum atomic E-state index is -0.774. The lowest BCUT2D eigenvalue weighted by molar-refractivity contribution is -0.138. The molecule has 1 aliphatic rings. The highest BCUT2D eigenvalue weighted by Crippen LogP contribution is 2.28. The molecule has 1 aromatic heterocycles. The molecule has 0 spiro atoms. The summed E-state index contributed by atoms with van der Waals surface area (Å²) in [7, 11) is 0. The molecule has 19 heavy (non-hydrogen) atoms. The average Bonchev–Trinajstić information content (AvgIpc) is 2.97. The van der Waals surface area contributed by atoms with Gasteiger partial charge in [0.15, 0.2) is 0 Å². The molecular formula is C14H23N3O2. The summed E-state index contributed by atoms with van der Waals surface area (Å²) >= 11 is 0. The molecule has 0 amide bonds. The van der Waals surface area contributed by atoms with Gasteiger partial charge in [-0.2, -0.15) is 5.10 Å². The molecule has 0 saturated heterocycles. The summed E-state index contributed by atoms with van der Waals surface area (Å²) in [6.07, 6.45) is 8.01. The van der Waals surface area contributed by atoms with Crippen LogP contribution in [0.25, 0.3) is 0 Å². The molecule has 0 aromatic carbocycles. The van der Waals surface area contributed by atoms with Gasteiger partial charge in [0.05, 0.1) is 18.3 Å². The van der Waals surface area contributed by atoms with E-state index in [-0.39, 0.29) is 6.54 Å². The van der Waals surface area contributed by atoms with E-state index in [2.05, 4.69) is 16.7 Å². The molecule has 106 valence electrons. The predicted molar refractivity (Wildman–Crippen MR) is 72.9 cm³/mol. The van der Waals surface area contributed by atoms with Gasteiger partial charge in [-0.25, -0.2) is 0 Å². The molecule has 1 heterocycles. The Balaban J connectivity index is 1.94. The highest BCUT2D eigenvalue weighted by atomic mass is 16.4. The van der Waals surface area contributed by atoms with Gasteiger partial charge < -0.3 is 5.11 Å². The summed E-state index contributed by atoms with van der Waals surface area (Å²) in [6.45, 7) is 3.57. The molecule has 1 aromatic rings. The second-order valence-electron chi connectivity index (χ2n) is 5.33. The molecule has 0 bridgehead atoms. The summed E-state index contributed by atoms with van der Waals surface area (Å²) in [5, 5.41) is 13.5. The van der Waals surface area contributed by atoms with Crippen molar-refractivity contribution >= 4 is 5.97 Å². The van der Waals surface area contributed by atoms with Crippen LogP contribution in [0.4, 0.5) is 0 Å². The largest absolute Gasteiger partial charge is 0.480 e. The van der Waals surface area contributed by atoms with Crippen molar-refractivity contribution in [2.24, 2.45) is 0 Å². The van der Waals surface area contributed by atoms with Crippen LogP contribution >= 0.6 is 0 Å². The van der Waals surface area contributed by atoms with Crippen molar-refractivity contribution in [1.29, 1.82) is 0 Å². The second kappa shape index (κ2) is 6.70. The standard InChI is InChI=1S/C14H23N3O2/c1-2-8-16(11-14(18)19)10-12-7-9-17(15-12)13-5-3-4-6-13/h7,9,13H,2-6,8,10-11H2,1H3,(H,18,19). The fraction of sp³-hybridized carbons (Fsp3) is 0.714. The van der Waals surface area contributed by atoms with Crippen LogP contribution < -0.4 is 0 Å². The fourth-order valence-electron chi connectivity index (χ4n) is 2.78. The normalized spacial score (nSPS) is 16.3. The van der Waals surface area contributed by atoms with Gasteiger partial charge in [0.25, 0.3) is 0 Å². The Hall–Kier alpha value is -1.36. The van der Waals surface area contributed by atoms with Crippen LogP contribution in [0.2, 0.25) is 0 Å². The van der Waals surface area contributed by atoms with Crippen LogP contribution in [0.5, 0.6) is 0 Å². The SMILES string of the molecule is CCCN(CC(=O)O)Cc1ccn(C2CCCC2)n1. The van der Waals surface area contributed by atoms with E-state index in [4.69, 9.17) is 5.11 Å². The van der Waals surface area contributed by atoms with E-state index >= 15 is 0 Å². The van der Waals surface area contributed by atoms with E-state index < -0.39 is 5.97 Å². The number of carboxylic acid groups (broad SMARTS) is 1. The molecule has 2 rings (SSSR count). The Morgan fingerprint density at radius 3 is 2.89 bits per heavy atom. The maximum Gasteiger partial charge on any atom is 0.317 e. The van der Waals surface area contributed by atoms with Gasteiger partial charge in [-0.3, -0.25) is 14.4 Å². The number of rotatable bonds is 7. The Morgan fingerprint density at radius 1 is 1.53 bits per heavy atom. The number of carbonyl (C=O) groups is 1. The Kier molecular flexibility index (Phi) is 4.96. The Morgan fingerprint density at radius 2 is 2.26 bits per heavy atom. The first-order chi connectivity index (χ1) is 9.19. The Labute approximate surface area is 114 Å². The Bertz CT molecular complexity index is 411. The highest BCUT2D eigenvalue weighted by Gasteiger charge is 2.18. The maximum atomic E-state index is 10.8. The number of aromatic nitrogens is 2. The lowest BCUT2D eigenvalue weighted by atomic mass is 10.3. The highest BCUT2D eigenvalue weighted by molar-refractivity contribution is 5.69. The summed E-state index contributed by atoms with van der Waals surface area (Å²) in [6, 6.07) is 2.57. The molecule has 5 nitrogen and oxygen atoms in total. The van der Waals surface area contributed by atoms with E-state index in [9.17, 15) is 4.79 Å². The lowest BCUT2D eigenvalue weighted by Gasteiger charge is -2.18. The molecule has 1 fully saturated rings. The number of aliphatic carboxylic acids is 1. The number of nitrogens with zero attached hydrogens (tertiary/aromatic N) is 3. The zero-order valence-electron chi connectivity index (χ0n) is 11.6. The van der Waals surface area contributed by atoms with Crippen LogP contribution in [-0.4, -0.2) is 38.8 Å². The van der Waals surface area contributed by atoms with Crippen LogP contribution in [0.3, 0.4) is 0 Å². The fourth-order valence-corrected chi connectivity index (χ4v) is 2.78. The van der Waals surface area contributed by atoms with Crippen molar-refractivity contribution in [2.75, 3.05) is 13.1 Å². The van der Waals surface area contributed by atoms with Crippen molar-refractivity contribution < 1.29 is 9.90 Å². The molecular weight excluding hydrogens is 242 g/mol. The molecule has 0 aliphatic heterocycles. The van der Waals surface area contributed by atoms with Crippen LogP contribution in [0.1, 0.15) is 50.8 Å². The van der Waals surface area contributed by atoms with E-state index in [0.29, 0.717) is 12.6 Å². The van der Waals surface area contributed by atoms with Gasteiger partial charge in [-0.15, -0.1) is 0 Å². The van der Waals surface area contributed by atoms with Crippen LogP contribution in [-0.2, 0) is 11.3 Å². The van der Waals surface area contributed by atoms with Crippen molar-refractivity contribution in [3.8, 4) is 0 Å². The summed E-state index contributed by atoms with van der Waals surface area (Å²) < 4.78 is 2.06. The third kappa shape index (κ3) is 4.06. The van der Waals surface area contributed by atoms with Crippen LogP contribution in [0.15, 0.2) is 12.3 Å².